The molecule has 0 radical (unpaired) electrons. The molecule has 0 aliphatic heterocycles. The van der Waals surface area contributed by atoms with Crippen LogP contribution in [0.5, 0.6) is 5.75 Å². The predicted molar refractivity (Wildman–Crippen MR) is 120 cm³/mol. The summed E-state index contributed by atoms with van der Waals surface area (Å²) in [5, 5.41) is 4.28. The molecule has 2 aromatic heterocycles. The van der Waals surface area contributed by atoms with Crippen LogP contribution in [0.2, 0.25) is 5.02 Å². The average Bonchev–Trinajstić information content (AvgIpc) is 3.05. The number of ether oxygens (including phenoxy) is 1. The van der Waals surface area contributed by atoms with Gasteiger partial charge < -0.3 is 10.1 Å². The molecule has 0 amide bonds. The molecule has 2 heterocycles. The van der Waals surface area contributed by atoms with Gasteiger partial charge in [0.15, 0.2) is 11.4 Å². The van der Waals surface area contributed by atoms with E-state index < -0.39 is 0 Å². The van der Waals surface area contributed by atoms with Crippen LogP contribution in [0, 0.1) is 0 Å². The van der Waals surface area contributed by atoms with Gasteiger partial charge in [-0.05, 0) is 50.6 Å². The number of aromatic nitrogens is 2. The van der Waals surface area contributed by atoms with Crippen molar-refractivity contribution in [1.82, 2.24) is 9.38 Å². The van der Waals surface area contributed by atoms with Crippen molar-refractivity contribution in [2.75, 3.05) is 5.32 Å². The highest BCUT2D eigenvalue weighted by molar-refractivity contribution is 6.30. The summed E-state index contributed by atoms with van der Waals surface area (Å²) in [5.74, 6) is 1.65. The van der Waals surface area contributed by atoms with Gasteiger partial charge in [-0.25, -0.2) is 4.98 Å². The molecule has 148 valence electrons. The highest BCUT2D eigenvalue weighted by Crippen LogP contribution is 2.34. The summed E-state index contributed by atoms with van der Waals surface area (Å²) >= 11 is 6.25. The number of nitrogens with zero attached hydrogens (tertiary/aromatic N) is 2. The Kier molecular flexibility index (Phi) is 5.20. The number of hydrogen-bond donors (Lipinski definition) is 1. The van der Waals surface area contributed by atoms with Gasteiger partial charge in [-0.15, -0.1) is 0 Å². The zero-order valence-electron chi connectivity index (χ0n) is 16.8. The highest BCUT2D eigenvalue weighted by Gasteiger charge is 2.21. The zero-order valence-corrected chi connectivity index (χ0v) is 17.6. The number of nitrogens with one attached hydrogen (secondary N) is 1. The first kappa shape index (κ1) is 19.3. The molecule has 1 N–H and O–H groups in total. The van der Waals surface area contributed by atoms with Gasteiger partial charge in [0.25, 0.3) is 0 Å². The lowest BCUT2D eigenvalue weighted by Crippen LogP contribution is -2.27. The van der Waals surface area contributed by atoms with Gasteiger partial charge in [0.2, 0.25) is 0 Å². The molecule has 2 aromatic carbocycles. The quantitative estimate of drug-likeness (QED) is 0.415. The third-order valence-electron chi connectivity index (χ3n) is 4.44. The summed E-state index contributed by atoms with van der Waals surface area (Å²) < 4.78 is 8.17. The molecule has 0 fully saturated rings. The largest absolute Gasteiger partial charge is 0.485 e. The molecular formula is C24H24ClN3O. The van der Waals surface area contributed by atoms with E-state index in [9.17, 15) is 0 Å². The molecule has 0 saturated carbocycles. The first-order chi connectivity index (χ1) is 13.9. The van der Waals surface area contributed by atoms with Crippen LogP contribution in [-0.2, 0) is 6.61 Å². The molecule has 0 unspecified atom stereocenters. The molecule has 0 spiro atoms. The Morgan fingerprint density at radius 2 is 1.79 bits per heavy atom. The molecule has 4 nitrogen and oxygen atoms in total. The van der Waals surface area contributed by atoms with E-state index >= 15 is 0 Å². The Morgan fingerprint density at radius 3 is 2.52 bits per heavy atom. The fourth-order valence-corrected chi connectivity index (χ4v) is 3.39. The number of rotatable bonds is 5. The Hall–Kier alpha value is -2.98. The van der Waals surface area contributed by atoms with E-state index in [0.29, 0.717) is 11.6 Å². The second kappa shape index (κ2) is 7.80. The molecule has 0 aliphatic carbocycles. The number of imidazole rings is 1. The van der Waals surface area contributed by atoms with E-state index in [4.69, 9.17) is 21.3 Å². The third kappa shape index (κ3) is 4.38. The van der Waals surface area contributed by atoms with Gasteiger partial charge >= 0.3 is 0 Å². The fraction of sp³-hybridized carbons (Fsp3) is 0.208. The Morgan fingerprint density at radius 1 is 1.00 bits per heavy atom. The van der Waals surface area contributed by atoms with Gasteiger partial charge in [0, 0.05) is 22.3 Å². The number of halogens is 1. The third-order valence-corrected chi connectivity index (χ3v) is 4.68. The van der Waals surface area contributed by atoms with Crippen molar-refractivity contribution in [3.63, 3.8) is 0 Å². The van der Waals surface area contributed by atoms with Crippen molar-refractivity contribution in [3.8, 4) is 17.0 Å². The molecular weight excluding hydrogens is 382 g/mol. The minimum absolute atomic E-state index is 0.135. The monoisotopic (exact) mass is 405 g/mol. The highest BCUT2D eigenvalue weighted by atomic mass is 35.5. The van der Waals surface area contributed by atoms with Crippen molar-refractivity contribution in [3.05, 3.63) is 83.5 Å². The standard InChI is InChI=1S/C24H24ClN3O/c1-24(2,3)27-23-21(18-11-7-12-19(25)15-18)26-22-20(13-8-14-28(22)23)29-16-17-9-5-4-6-10-17/h4-15,27H,16H2,1-3H3. The van der Waals surface area contributed by atoms with Gasteiger partial charge in [0.1, 0.15) is 18.1 Å². The Labute approximate surface area is 176 Å². The van der Waals surface area contributed by atoms with Crippen LogP contribution in [0.1, 0.15) is 26.3 Å². The molecule has 29 heavy (non-hydrogen) atoms. The van der Waals surface area contributed by atoms with E-state index in [0.717, 1.165) is 34.0 Å². The minimum atomic E-state index is -0.135. The van der Waals surface area contributed by atoms with Crippen LogP contribution in [0.4, 0.5) is 5.82 Å². The summed E-state index contributed by atoms with van der Waals surface area (Å²) in [6.07, 6.45) is 2.00. The van der Waals surface area contributed by atoms with E-state index in [1.807, 2.05) is 65.2 Å². The van der Waals surface area contributed by atoms with Crippen molar-refractivity contribution in [2.45, 2.75) is 32.9 Å². The topological polar surface area (TPSA) is 38.6 Å². The smallest absolute Gasteiger partial charge is 0.181 e. The van der Waals surface area contributed by atoms with Gasteiger partial charge in [0.05, 0.1) is 0 Å². The first-order valence-corrected chi connectivity index (χ1v) is 10.0. The van der Waals surface area contributed by atoms with Gasteiger partial charge in [-0.2, -0.15) is 0 Å². The average molecular weight is 406 g/mol. The van der Waals surface area contributed by atoms with Crippen LogP contribution in [0.15, 0.2) is 72.9 Å². The Bertz CT molecular complexity index is 1130. The minimum Gasteiger partial charge on any atom is -0.485 e. The maximum absolute atomic E-state index is 6.25. The van der Waals surface area contributed by atoms with Crippen molar-refractivity contribution in [1.29, 1.82) is 0 Å². The molecule has 0 saturated heterocycles. The molecule has 0 aliphatic rings. The van der Waals surface area contributed by atoms with Crippen molar-refractivity contribution in [2.24, 2.45) is 0 Å². The van der Waals surface area contributed by atoms with E-state index in [2.05, 4.69) is 38.2 Å². The fourth-order valence-electron chi connectivity index (χ4n) is 3.20. The molecule has 0 atom stereocenters. The van der Waals surface area contributed by atoms with Crippen LogP contribution in [-0.4, -0.2) is 14.9 Å². The molecule has 4 aromatic rings. The van der Waals surface area contributed by atoms with Crippen molar-refractivity contribution >= 4 is 23.1 Å². The summed E-state index contributed by atoms with van der Waals surface area (Å²) in [4.78, 5) is 4.94. The number of anilines is 1. The second-order valence-electron chi connectivity index (χ2n) is 8.03. The SMILES string of the molecule is CC(C)(C)Nc1c(-c2cccc(Cl)c2)nc2c(OCc3ccccc3)cccn12. The van der Waals surface area contributed by atoms with Crippen LogP contribution in [0.25, 0.3) is 16.9 Å². The Balaban J connectivity index is 1.80. The summed E-state index contributed by atoms with van der Waals surface area (Å²) in [7, 11) is 0. The maximum Gasteiger partial charge on any atom is 0.181 e. The summed E-state index contributed by atoms with van der Waals surface area (Å²) in [5.41, 5.74) is 3.55. The second-order valence-corrected chi connectivity index (χ2v) is 8.47. The van der Waals surface area contributed by atoms with Gasteiger partial charge in [-0.3, -0.25) is 4.40 Å². The lowest BCUT2D eigenvalue weighted by molar-refractivity contribution is 0.308. The number of benzene rings is 2. The predicted octanol–water partition coefficient (Wildman–Crippen LogP) is 6.44. The summed E-state index contributed by atoms with van der Waals surface area (Å²) in [6.45, 7) is 6.87. The van der Waals surface area contributed by atoms with Gasteiger partial charge in [-0.1, -0.05) is 54.1 Å². The van der Waals surface area contributed by atoms with Crippen LogP contribution < -0.4 is 10.1 Å². The van der Waals surface area contributed by atoms with Crippen molar-refractivity contribution < 1.29 is 4.74 Å². The summed E-state index contributed by atoms with van der Waals surface area (Å²) in [6, 6.07) is 21.8. The number of pyridine rings is 1. The lowest BCUT2D eigenvalue weighted by Gasteiger charge is -2.22. The zero-order chi connectivity index (χ0) is 20.4. The number of fused-ring (bicyclic) bond motifs is 1. The van der Waals surface area contributed by atoms with E-state index in [1.54, 1.807) is 0 Å². The lowest BCUT2D eigenvalue weighted by atomic mass is 10.1. The number of hydrogen-bond acceptors (Lipinski definition) is 3. The molecule has 0 bridgehead atoms. The molecule has 5 heteroatoms. The van der Waals surface area contributed by atoms with Crippen LogP contribution in [0.3, 0.4) is 0 Å². The first-order valence-electron chi connectivity index (χ1n) is 9.63. The van der Waals surface area contributed by atoms with E-state index in [1.165, 1.54) is 0 Å². The molecule has 4 rings (SSSR count). The van der Waals surface area contributed by atoms with E-state index in [-0.39, 0.29) is 5.54 Å². The maximum atomic E-state index is 6.25. The van der Waals surface area contributed by atoms with Crippen LogP contribution >= 0.6 is 11.6 Å². The normalized spacial score (nSPS) is 11.6.